The summed E-state index contributed by atoms with van der Waals surface area (Å²) in [7, 11) is 1.46. The van der Waals surface area contributed by atoms with Gasteiger partial charge in [-0.25, -0.2) is 9.69 Å². The third kappa shape index (κ3) is 3.95. The second-order valence-corrected chi connectivity index (χ2v) is 6.40. The van der Waals surface area contributed by atoms with Crippen molar-refractivity contribution in [2.75, 3.05) is 18.6 Å². The van der Waals surface area contributed by atoms with Gasteiger partial charge in [0.1, 0.15) is 11.5 Å². The number of carbonyl (C=O) groups excluding carboxylic acids is 2. The summed E-state index contributed by atoms with van der Waals surface area (Å²) in [6.07, 6.45) is 1.51. The van der Waals surface area contributed by atoms with Crippen LogP contribution in [0.25, 0.3) is 6.08 Å². The van der Waals surface area contributed by atoms with E-state index in [9.17, 15) is 14.4 Å². The molecule has 138 valence electrons. The monoisotopic (exact) mass is 385 g/mol. The fourth-order valence-corrected chi connectivity index (χ4v) is 3.33. The highest BCUT2D eigenvalue weighted by molar-refractivity contribution is 8.19. The van der Waals surface area contributed by atoms with E-state index in [1.165, 1.54) is 13.2 Å². The first-order valence-corrected chi connectivity index (χ1v) is 8.67. The highest BCUT2D eigenvalue weighted by atomic mass is 32.2. The Morgan fingerprint density at radius 1 is 1.11 bits per heavy atom. The number of amides is 2. The number of rotatable bonds is 6. The zero-order valence-corrected chi connectivity index (χ0v) is 15.1. The first kappa shape index (κ1) is 18.5. The Balaban J connectivity index is 1.93. The van der Waals surface area contributed by atoms with Crippen molar-refractivity contribution in [1.82, 2.24) is 0 Å². The van der Waals surface area contributed by atoms with E-state index in [0.717, 1.165) is 16.7 Å². The van der Waals surface area contributed by atoms with Crippen molar-refractivity contribution in [3.05, 3.63) is 59.0 Å². The van der Waals surface area contributed by atoms with Gasteiger partial charge >= 0.3 is 5.97 Å². The van der Waals surface area contributed by atoms with Crippen molar-refractivity contribution in [2.45, 2.75) is 0 Å². The van der Waals surface area contributed by atoms with Crippen molar-refractivity contribution < 1.29 is 29.0 Å². The van der Waals surface area contributed by atoms with Crippen molar-refractivity contribution >= 4 is 40.6 Å². The number of hydrogen-bond donors (Lipinski definition) is 1. The van der Waals surface area contributed by atoms with Crippen molar-refractivity contribution in [3.63, 3.8) is 0 Å². The van der Waals surface area contributed by atoms with Crippen LogP contribution in [0.3, 0.4) is 0 Å². The molecular formula is C19H15NO6S. The quantitative estimate of drug-likeness (QED) is 0.762. The number of hydrogen-bond acceptors (Lipinski definition) is 6. The Morgan fingerprint density at radius 3 is 2.48 bits per heavy atom. The van der Waals surface area contributed by atoms with Crippen LogP contribution in [-0.4, -0.2) is 35.9 Å². The fraction of sp³-hybridized carbons (Fsp3) is 0.105. The predicted molar refractivity (Wildman–Crippen MR) is 101 cm³/mol. The van der Waals surface area contributed by atoms with Crippen LogP contribution in [0.2, 0.25) is 0 Å². The number of para-hydroxylation sites is 3. The molecule has 1 aliphatic rings. The van der Waals surface area contributed by atoms with E-state index in [0.29, 0.717) is 22.7 Å². The number of benzene rings is 2. The Bertz CT molecular complexity index is 939. The fourth-order valence-electron chi connectivity index (χ4n) is 2.50. The zero-order chi connectivity index (χ0) is 19.4. The van der Waals surface area contributed by atoms with Gasteiger partial charge in [0.25, 0.3) is 11.1 Å². The summed E-state index contributed by atoms with van der Waals surface area (Å²) in [4.78, 5) is 37.2. The van der Waals surface area contributed by atoms with Gasteiger partial charge in [0.2, 0.25) is 0 Å². The maximum absolute atomic E-state index is 12.8. The molecule has 1 fully saturated rings. The minimum Gasteiger partial charge on any atom is -0.495 e. The van der Waals surface area contributed by atoms with Gasteiger partial charge in [0, 0.05) is 5.56 Å². The largest absolute Gasteiger partial charge is 0.495 e. The topological polar surface area (TPSA) is 93.1 Å². The number of methoxy groups -OCH3 is 1. The van der Waals surface area contributed by atoms with Gasteiger partial charge in [-0.05, 0) is 36.0 Å². The molecule has 2 aromatic rings. The highest BCUT2D eigenvalue weighted by Gasteiger charge is 2.37. The smallest absolute Gasteiger partial charge is 0.341 e. The number of carboxylic acids is 1. The number of aliphatic carboxylic acids is 1. The molecule has 0 saturated carbocycles. The average Bonchev–Trinajstić information content (AvgIpc) is 2.94. The lowest BCUT2D eigenvalue weighted by Crippen LogP contribution is -2.28. The lowest BCUT2D eigenvalue weighted by atomic mass is 10.2. The Hall–Kier alpha value is -3.26. The molecule has 0 unspecified atom stereocenters. The van der Waals surface area contributed by atoms with Crippen LogP contribution in [0.4, 0.5) is 10.5 Å². The van der Waals surface area contributed by atoms with Crippen LogP contribution in [-0.2, 0) is 9.59 Å². The lowest BCUT2D eigenvalue weighted by molar-refractivity contribution is -0.139. The Kier molecular flexibility index (Phi) is 5.46. The first-order chi connectivity index (χ1) is 13.0. The molecule has 0 bridgehead atoms. The summed E-state index contributed by atoms with van der Waals surface area (Å²) >= 11 is 0.795. The SMILES string of the molecule is COc1ccccc1N1C(=O)S/C(=C/c2ccccc2OCC(=O)O)C1=O. The molecule has 2 amide bonds. The molecule has 27 heavy (non-hydrogen) atoms. The average molecular weight is 385 g/mol. The summed E-state index contributed by atoms with van der Waals surface area (Å²) < 4.78 is 10.5. The third-order valence-corrected chi connectivity index (χ3v) is 4.55. The summed E-state index contributed by atoms with van der Waals surface area (Å²) in [6.45, 7) is -0.506. The number of thioether (sulfide) groups is 1. The highest BCUT2D eigenvalue weighted by Crippen LogP contribution is 2.40. The molecule has 0 aliphatic carbocycles. The minimum atomic E-state index is -1.11. The molecule has 8 heteroatoms. The van der Waals surface area contributed by atoms with Crippen molar-refractivity contribution in [1.29, 1.82) is 0 Å². The van der Waals surface area contributed by atoms with Crippen LogP contribution in [0.5, 0.6) is 11.5 Å². The maximum atomic E-state index is 12.8. The van der Waals surface area contributed by atoms with Crippen LogP contribution in [0.1, 0.15) is 5.56 Å². The molecular weight excluding hydrogens is 370 g/mol. The van der Waals surface area contributed by atoms with Crippen molar-refractivity contribution in [3.8, 4) is 11.5 Å². The first-order valence-electron chi connectivity index (χ1n) is 7.86. The van der Waals surface area contributed by atoms with Crippen LogP contribution in [0, 0.1) is 0 Å². The van der Waals surface area contributed by atoms with E-state index in [-0.39, 0.29) is 4.91 Å². The van der Waals surface area contributed by atoms with Crippen LogP contribution >= 0.6 is 11.8 Å². The molecule has 2 aromatic carbocycles. The number of carbonyl (C=O) groups is 3. The standard InChI is InChI=1S/C19H15NO6S/c1-25-15-9-5-3-7-13(15)20-18(23)16(27-19(20)24)10-12-6-2-4-8-14(12)26-11-17(21)22/h2-10H,11H2,1H3,(H,21,22)/b16-10+. The maximum Gasteiger partial charge on any atom is 0.341 e. The van der Waals surface area contributed by atoms with Crippen LogP contribution in [0.15, 0.2) is 53.4 Å². The van der Waals surface area contributed by atoms with Gasteiger partial charge in [-0.3, -0.25) is 9.59 Å². The second kappa shape index (κ2) is 7.96. The molecule has 1 N–H and O–H groups in total. The molecule has 0 aromatic heterocycles. The molecule has 1 saturated heterocycles. The molecule has 1 heterocycles. The molecule has 7 nitrogen and oxygen atoms in total. The molecule has 3 rings (SSSR count). The van der Waals surface area contributed by atoms with Gasteiger partial charge in [-0.2, -0.15) is 0 Å². The van der Waals surface area contributed by atoms with E-state index in [2.05, 4.69) is 0 Å². The number of ether oxygens (including phenoxy) is 2. The Labute approximate surface area is 159 Å². The number of nitrogens with zero attached hydrogens (tertiary/aromatic N) is 1. The molecule has 0 radical (unpaired) electrons. The normalized spacial score (nSPS) is 15.3. The van der Waals surface area contributed by atoms with Crippen LogP contribution < -0.4 is 14.4 Å². The van der Waals surface area contributed by atoms with Gasteiger partial charge in [-0.1, -0.05) is 30.3 Å². The Morgan fingerprint density at radius 2 is 1.78 bits per heavy atom. The van der Waals surface area contributed by atoms with E-state index in [4.69, 9.17) is 14.6 Å². The summed E-state index contributed by atoms with van der Waals surface area (Å²) in [5, 5.41) is 8.33. The predicted octanol–water partition coefficient (Wildman–Crippen LogP) is 3.40. The third-order valence-electron chi connectivity index (χ3n) is 3.68. The summed E-state index contributed by atoms with van der Waals surface area (Å²) in [5.41, 5.74) is 0.866. The van der Waals surface area contributed by atoms with E-state index < -0.39 is 23.7 Å². The minimum absolute atomic E-state index is 0.206. The van der Waals surface area contributed by atoms with Gasteiger partial charge < -0.3 is 14.6 Å². The molecule has 0 spiro atoms. The summed E-state index contributed by atoms with van der Waals surface area (Å²) in [5.74, 6) is -0.876. The molecule has 1 aliphatic heterocycles. The van der Waals surface area contributed by atoms with Gasteiger partial charge in [0.15, 0.2) is 6.61 Å². The lowest BCUT2D eigenvalue weighted by Gasteiger charge is -2.15. The summed E-state index contributed by atoms with van der Waals surface area (Å²) in [6, 6.07) is 13.4. The van der Waals surface area contributed by atoms with Gasteiger partial charge in [-0.15, -0.1) is 0 Å². The molecule has 0 atom stereocenters. The van der Waals surface area contributed by atoms with E-state index in [1.54, 1.807) is 48.5 Å². The number of imide groups is 1. The number of anilines is 1. The van der Waals surface area contributed by atoms with E-state index >= 15 is 0 Å². The zero-order valence-electron chi connectivity index (χ0n) is 14.2. The van der Waals surface area contributed by atoms with Gasteiger partial charge in [0.05, 0.1) is 17.7 Å². The second-order valence-electron chi connectivity index (χ2n) is 5.41. The number of carboxylic acid groups (broad SMARTS) is 1. The van der Waals surface area contributed by atoms with Crippen molar-refractivity contribution in [2.24, 2.45) is 0 Å². The van der Waals surface area contributed by atoms with E-state index in [1.807, 2.05) is 0 Å².